The molecule has 1 aromatic rings. The molecule has 2 rings (SSSR count). The summed E-state index contributed by atoms with van der Waals surface area (Å²) in [5.74, 6) is 0.161. The minimum Gasteiger partial charge on any atom is -0.206 e. The minimum atomic E-state index is -0.421. The summed E-state index contributed by atoms with van der Waals surface area (Å²) in [6.45, 7) is 6.16. The van der Waals surface area contributed by atoms with Crippen molar-refractivity contribution in [3.05, 3.63) is 41.2 Å². The van der Waals surface area contributed by atoms with Gasteiger partial charge in [-0.25, -0.2) is 4.39 Å². The van der Waals surface area contributed by atoms with Crippen LogP contribution in [0.3, 0.4) is 0 Å². The molecule has 1 aromatic carbocycles. The first-order valence-corrected chi connectivity index (χ1v) is 6.11. The molecule has 1 aliphatic rings. The lowest BCUT2D eigenvalue weighted by Crippen LogP contribution is -1.87. The third-order valence-corrected chi connectivity index (χ3v) is 2.82. The molecule has 0 fully saturated rings. The number of benzene rings is 1. The summed E-state index contributed by atoms with van der Waals surface area (Å²) < 4.78 is 13.4. The Kier molecular flexibility index (Phi) is 4.90. The first kappa shape index (κ1) is 13.4. The van der Waals surface area contributed by atoms with Crippen molar-refractivity contribution in [3.63, 3.8) is 0 Å². The normalized spacial score (nSPS) is 17.8. The first-order valence-electron chi connectivity index (χ1n) is 6.11. The molecule has 0 heterocycles. The van der Waals surface area contributed by atoms with Crippen molar-refractivity contribution in [1.29, 1.82) is 5.26 Å². The minimum absolute atomic E-state index is 0.116. The Morgan fingerprint density at radius 1 is 1.35 bits per heavy atom. The van der Waals surface area contributed by atoms with Gasteiger partial charge in [0.25, 0.3) is 0 Å². The summed E-state index contributed by atoms with van der Waals surface area (Å²) in [7, 11) is 0. The van der Waals surface area contributed by atoms with Crippen LogP contribution in [0, 0.1) is 23.1 Å². The van der Waals surface area contributed by atoms with Gasteiger partial charge in [0, 0.05) is 0 Å². The van der Waals surface area contributed by atoms with Gasteiger partial charge in [-0.1, -0.05) is 32.9 Å². The number of rotatable bonds is 1. The molecule has 17 heavy (non-hydrogen) atoms. The van der Waals surface area contributed by atoms with E-state index in [-0.39, 0.29) is 5.56 Å². The Hall–Kier alpha value is -1.62. The molecule has 0 aliphatic heterocycles. The van der Waals surface area contributed by atoms with E-state index in [0.717, 1.165) is 18.4 Å². The number of hydrogen-bond acceptors (Lipinski definition) is 1. The van der Waals surface area contributed by atoms with Crippen molar-refractivity contribution in [2.24, 2.45) is 5.92 Å². The van der Waals surface area contributed by atoms with Crippen molar-refractivity contribution < 1.29 is 4.39 Å². The highest BCUT2D eigenvalue weighted by Gasteiger charge is 2.14. The van der Waals surface area contributed by atoms with Crippen LogP contribution in [-0.4, -0.2) is 0 Å². The second kappa shape index (κ2) is 6.20. The number of nitrogens with zero attached hydrogens (tertiary/aromatic N) is 1. The molecule has 1 atom stereocenters. The van der Waals surface area contributed by atoms with E-state index in [2.05, 4.69) is 13.0 Å². The molecule has 0 saturated heterocycles. The van der Waals surface area contributed by atoms with E-state index in [1.807, 2.05) is 26.0 Å². The fourth-order valence-corrected chi connectivity index (χ4v) is 1.94. The van der Waals surface area contributed by atoms with Crippen LogP contribution in [0.4, 0.5) is 4.39 Å². The molecular weight excluding hydrogens is 213 g/mol. The molecule has 0 amide bonds. The summed E-state index contributed by atoms with van der Waals surface area (Å²) in [5.41, 5.74) is 2.23. The maximum atomic E-state index is 13.4. The van der Waals surface area contributed by atoms with Crippen molar-refractivity contribution in [3.8, 4) is 6.07 Å². The highest BCUT2D eigenvalue weighted by Crippen LogP contribution is 2.31. The van der Waals surface area contributed by atoms with Crippen LogP contribution in [0.1, 0.15) is 44.7 Å². The second-order valence-electron chi connectivity index (χ2n) is 4.01. The average Bonchev–Trinajstić information content (AvgIpc) is 2.78. The third kappa shape index (κ3) is 3.17. The Labute approximate surface area is 103 Å². The lowest BCUT2D eigenvalue weighted by molar-refractivity contribution is 0.623. The molecule has 0 N–H and O–H groups in total. The Bertz CT molecular complexity index is 454. The van der Waals surface area contributed by atoms with Crippen molar-refractivity contribution in [2.45, 2.75) is 33.6 Å². The van der Waals surface area contributed by atoms with Gasteiger partial charge in [0.15, 0.2) is 0 Å². The van der Waals surface area contributed by atoms with Gasteiger partial charge in [-0.15, -0.1) is 0 Å². The number of allylic oxidation sites excluding steroid dienone is 2. The van der Waals surface area contributed by atoms with E-state index in [9.17, 15) is 4.39 Å². The van der Waals surface area contributed by atoms with Gasteiger partial charge in [0.1, 0.15) is 11.9 Å². The van der Waals surface area contributed by atoms with Gasteiger partial charge in [-0.3, -0.25) is 0 Å². The van der Waals surface area contributed by atoms with Crippen molar-refractivity contribution >= 4 is 5.57 Å². The molecule has 0 spiro atoms. The van der Waals surface area contributed by atoms with E-state index in [4.69, 9.17) is 5.26 Å². The smallest absolute Gasteiger partial charge is 0.141 e. The molecule has 1 unspecified atom stereocenters. The van der Waals surface area contributed by atoms with Crippen LogP contribution in [-0.2, 0) is 0 Å². The van der Waals surface area contributed by atoms with Gasteiger partial charge in [0.05, 0.1) is 5.56 Å². The molecule has 2 heteroatoms. The van der Waals surface area contributed by atoms with E-state index < -0.39 is 5.82 Å². The quantitative estimate of drug-likeness (QED) is 0.696. The molecule has 1 aliphatic carbocycles. The zero-order valence-corrected chi connectivity index (χ0v) is 10.6. The first-order chi connectivity index (χ1) is 8.20. The second-order valence-corrected chi connectivity index (χ2v) is 4.01. The highest BCUT2D eigenvalue weighted by molar-refractivity contribution is 5.68. The predicted molar refractivity (Wildman–Crippen MR) is 68.8 cm³/mol. The largest absolute Gasteiger partial charge is 0.206 e. The molecule has 0 aromatic heterocycles. The van der Waals surface area contributed by atoms with Gasteiger partial charge in [0.2, 0.25) is 0 Å². The van der Waals surface area contributed by atoms with E-state index in [1.54, 1.807) is 6.07 Å². The van der Waals surface area contributed by atoms with Crippen LogP contribution in [0.25, 0.3) is 5.57 Å². The van der Waals surface area contributed by atoms with Gasteiger partial charge in [-0.05, 0) is 42.0 Å². The van der Waals surface area contributed by atoms with Crippen LogP contribution in [0.2, 0.25) is 0 Å². The zero-order chi connectivity index (χ0) is 12.8. The molecule has 90 valence electrons. The predicted octanol–water partition coefficient (Wildman–Crippen LogP) is 4.54. The van der Waals surface area contributed by atoms with Gasteiger partial charge in [-0.2, -0.15) is 5.26 Å². The van der Waals surface area contributed by atoms with Crippen LogP contribution < -0.4 is 0 Å². The van der Waals surface area contributed by atoms with Crippen molar-refractivity contribution in [1.82, 2.24) is 0 Å². The average molecular weight is 231 g/mol. The molecule has 0 bridgehead atoms. The zero-order valence-electron chi connectivity index (χ0n) is 10.6. The number of nitriles is 1. The number of hydrogen-bond donors (Lipinski definition) is 0. The Balaban J connectivity index is 0.000000686. The summed E-state index contributed by atoms with van der Waals surface area (Å²) >= 11 is 0. The summed E-state index contributed by atoms with van der Waals surface area (Å²) in [4.78, 5) is 0. The third-order valence-electron chi connectivity index (χ3n) is 2.82. The van der Waals surface area contributed by atoms with Crippen molar-refractivity contribution in [2.75, 3.05) is 0 Å². The monoisotopic (exact) mass is 231 g/mol. The maximum Gasteiger partial charge on any atom is 0.141 e. The van der Waals surface area contributed by atoms with Crippen LogP contribution >= 0.6 is 0 Å². The highest BCUT2D eigenvalue weighted by atomic mass is 19.1. The van der Waals surface area contributed by atoms with E-state index >= 15 is 0 Å². The lowest BCUT2D eigenvalue weighted by atomic mass is 10.0. The van der Waals surface area contributed by atoms with Gasteiger partial charge >= 0.3 is 0 Å². The standard InChI is InChI=1S/C13H12FN.C2H6/c1-9-2-3-10(6-9)11-4-5-12(8-15)13(14)7-11;1-2/h4-7,9H,2-3H2,1H3;1-2H3. The SMILES string of the molecule is CC.CC1C=C(c2ccc(C#N)c(F)c2)CC1. The van der Waals surface area contributed by atoms with Crippen LogP contribution in [0.5, 0.6) is 0 Å². The molecule has 0 radical (unpaired) electrons. The molecular formula is C15H18FN. The fraction of sp³-hybridized carbons (Fsp3) is 0.400. The summed E-state index contributed by atoms with van der Waals surface area (Å²) in [6, 6.07) is 6.66. The van der Waals surface area contributed by atoms with Gasteiger partial charge < -0.3 is 0 Å². The fourth-order valence-electron chi connectivity index (χ4n) is 1.94. The Morgan fingerprint density at radius 3 is 2.53 bits per heavy atom. The maximum absolute atomic E-state index is 13.4. The van der Waals surface area contributed by atoms with Crippen LogP contribution in [0.15, 0.2) is 24.3 Å². The number of halogens is 1. The van der Waals surface area contributed by atoms with E-state index in [1.165, 1.54) is 11.6 Å². The summed E-state index contributed by atoms with van der Waals surface area (Å²) in [5, 5.41) is 8.61. The van der Waals surface area contributed by atoms with E-state index in [0.29, 0.717) is 5.92 Å². The topological polar surface area (TPSA) is 23.8 Å². The lowest BCUT2D eigenvalue weighted by Gasteiger charge is -2.02. The Morgan fingerprint density at radius 2 is 2.06 bits per heavy atom. The molecule has 0 saturated carbocycles. The molecule has 1 nitrogen and oxygen atoms in total. The summed E-state index contributed by atoms with van der Waals surface area (Å²) in [6.07, 6.45) is 4.32.